The van der Waals surface area contributed by atoms with Crippen molar-refractivity contribution in [2.75, 3.05) is 26.8 Å². The second-order valence-corrected chi connectivity index (χ2v) is 10.7. The maximum absolute atomic E-state index is 13.0. The van der Waals surface area contributed by atoms with Crippen molar-refractivity contribution in [3.63, 3.8) is 0 Å². The number of carbonyl (C=O) groups excluding carboxylic acids is 1. The van der Waals surface area contributed by atoms with Gasteiger partial charge >= 0.3 is 6.09 Å². The summed E-state index contributed by atoms with van der Waals surface area (Å²) in [5.74, 6) is 1.02. The number of carbonyl (C=O) groups is 2. The molecular weight excluding hydrogens is 484 g/mol. The van der Waals surface area contributed by atoms with Crippen LogP contribution in [0.2, 0.25) is 0 Å². The first kappa shape index (κ1) is 27.5. The highest BCUT2D eigenvalue weighted by molar-refractivity contribution is 7.89. The van der Waals surface area contributed by atoms with E-state index in [1.165, 1.54) is 4.90 Å². The number of benzene rings is 2. The molecule has 0 spiro atoms. The fourth-order valence-electron chi connectivity index (χ4n) is 4.25. The van der Waals surface area contributed by atoms with Gasteiger partial charge in [0.1, 0.15) is 22.7 Å². The SMILES string of the molecule is COc1ccc(-c2cc3c(c(S(=O)(=O)NC(C)C)c2)OCC3)cc1CCN(CCCCC=O)C(=O)O. The second kappa shape index (κ2) is 12.2. The zero-order valence-electron chi connectivity index (χ0n) is 21.0. The average Bonchev–Trinajstić information content (AvgIpc) is 3.30. The third-order valence-corrected chi connectivity index (χ3v) is 7.63. The minimum Gasteiger partial charge on any atom is -0.496 e. The summed E-state index contributed by atoms with van der Waals surface area (Å²) in [6, 6.07) is 8.88. The number of nitrogens with one attached hydrogen (secondary N) is 1. The van der Waals surface area contributed by atoms with Gasteiger partial charge < -0.3 is 24.3 Å². The molecule has 0 radical (unpaired) electrons. The zero-order valence-corrected chi connectivity index (χ0v) is 21.8. The lowest BCUT2D eigenvalue weighted by molar-refractivity contribution is -0.107. The molecule has 1 amide bonds. The molecule has 0 atom stereocenters. The van der Waals surface area contributed by atoms with Crippen LogP contribution in [0, 0.1) is 0 Å². The van der Waals surface area contributed by atoms with E-state index in [0.717, 1.165) is 28.5 Å². The number of sulfonamides is 1. The van der Waals surface area contributed by atoms with Gasteiger partial charge in [0.2, 0.25) is 10.0 Å². The van der Waals surface area contributed by atoms with Gasteiger partial charge in [-0.3, -0.25) is 0 Å². The van der Waals surface area contributed by atoms with Crippen molar-refractivity contribution < 1.29 is 32.6 Å². The van der Waals surface area contributed by atoms with E-state index in [2.05, 4.69) is 4.72 Å². The van der Waals surface area contributed by atoms with E-state index in [9.17, 15) is 23.1 Å². The van der Waals surface area contributed by atoms with Crippen LogP contribution < -0.4 is 14.2 Å². The van der Waals surface area contributed by atoms with Gasteiger partial charge in [0.25, 0.3) is 0 Å². The van der Waals surface area contributed by atoms with Gasteiger partial charge in [-0.25, -0.2) is 17.9 Å². The van der Waals surface area contributed by atoms with E-state index in [4.69, 9.17) is 9.47 Å². The number of rotatable bonds is 13. The van der Waals surface area contributed by atoms with Crippen LogP contribution in [0.25, 0.3) is 11.1 Å². The average molecular weight is 519 g/mol. The van der Waals surface area contributed by atoms with Gasteiger partial charge in [-0.05, 0) is 79.6 Å². The fourth-order valence-corrected chi connectivity index (χ4v) is 5.72. The largest absolute Gasteiger partial charge is 0.496 e. The van der Waals surface area contributed by atoms with E-state index >= 15 is 0 Å². The quantitative estimate of drug-likeness (QED) is 0.305. The minimum absolute atomic E-state index is 0.117. The molecule has 1 heterocycles. The first-order chi connectivity index (χ1) is 17.2. The number of carboxylic acid groups (broad SMARTS) is 1. The third-order valence-electron chi connectivity index (χ3n) is 5.97. The zero-order chi connectivity index (χ0) is 26.3. The Hall–Kier alpha value is -3.11. The van der Waals surface area contributed by atoms with Crippen LogP contribution in [0.1, 0.15) is 44.2 Å². The summed E-state index contributed by atoms with van der Waals surface area (Å²) in [6.45, 7) is 4.57. The number of fused-ring (bicyclic) bond motifs is 1. The topological polar surface area (TPSA) is 122 Å². The van der Waals surface area contributed by atoms with Gasteiger partial charge in [-0.1, -0.05) is 6.07 Å². The van der Waals surface area contributed by atoms with Gasteiger partial charge in [-0.2, -0.15) is 0 Å². The molecule has 0 unspecified atom stereocenters. The number of hydrogen-bond donors (Lipinski definition) is 2. The Labute approximate surface area is 212 Å². The summed E-state index contributed by atoms with van der Waals surface area (Å²) < 4.78 is 39.9. The maximum Gasteiger partial charge on any atom is 0.407 e. The van der Waals surface area contributed by atoms with Crippen LogP contribution in [-0.4, -0.2) is 63.7 Å². The van der Waals surface area contributed by atoms with Crippen molar-refractivity contribution in [3.8, 4) is 22.6 Å². The summed E-state index contributed by atoms with van der Waals surface area (Å²) in [5, 5.41) is 9.58. The van der Waals surface area contributed by atoms with Crippen LogP contribution in [-0.2, 0) is 27.7 Å². The van der Waals surface area contributed by atoms with Crippen LogP contribution in [0.3, 0.4) is 0 Å². The lowest BCUT2D eigenvalue weighted by Crippen LogP contribution is -2.32. The van der Waals surface area contributed by atoms with Crippen molar-refractivity contribution in [2.45, 2.75) is 56.9 Å². The molecule has 196 valence electrons. The molecule has 2 aromatic rings. The number of nitrogens with zero attached hydrogens (tertiary/aromatic N) is 1. The van der Waals surface area contributed by atoms with Crippen molar-refractivity contribution in [1.29, 1.82) is 0 Å². The smallest absolute Gasteiger partial charge is 0.407 e. The molecule has 0 bridgehead atoms. The molecule has 0 aliphatic carbocycles. The summed E-state index contributed by atoms with van der Waals surface area (Å²) >= 11 is 0. The van der Waals surface area contributed by atoms with Gasteiger partial charge in [-0.15, -0.1) is 0 Å². The molecule has 0 saturated heterocycles. The lowest BCUT2D eigenvalue weighted by atomic mass is 9.98. The Kier molecular flexibility index (Phi) is 9.33. The first-order valence-electron chi connectivity index (χ1n) is 12.1. The number of hydrogen-bond acceptors (Lipinski definition) is 6. The van der Waals surface area contributed by atoms with Crippen LogP contribution in [0.5, 0.6) is 11.5 Å². The minimum atomic E-state index is -3.78. The predicted octanol–water partition coefficient (Wildman–Crippen LogP) is 3.88. The number of ether oxygens (including phenoxy) is 2. The highest BCUT2D eigenvalue weighted by atomic mass is 32.2. The molecule has 9 nitrogen and oxygen atoms in total. The Balaban J connectivity index is 1.91. The Morgan fingerprint density at radius 3 is 2.64 bits per heavy atom. The van der Waals surface area contributed by atoms with Crippen molar-refractivity contribution in [2.24, 2.45) is 0 Å². The van der Waals surface area contributed by atoms with Crippen molar-refractivity contribution >= 4 is 22.4 Å². The molecular formula is C26H34N2O7S. The monoisotopic (exact) mass is 518 g/mol. The Bertz CT molecular complexity index is 1200. The molecule has 0 saturated carbocycles. The standard InChI is InChI=1S/C26H34N2O7S/c1-18(2)27-36(32,33)24-17-22(16-21-10-14-35-25(21)24)19-7-8-23(34-3)20(15-19)9-12-28(26(30)31)11-5-4-6-13-29/h7-8,13,15-18,27H,4-6,9-12,14H2,1-3H3,(H,30,31). The Morgan fingerprint density at radius 1 is 1.19 bits per heavy atom. The van der Waals surface area contributed by atoms with Crippen molar-refractivity contribution in [1.82, 2.24) is 9.62 Å². The highest BCUT2D eigenvalue weighted by Crippen LogP contribution is 2.38. The van der Waals surface area contributed by atoms with Gasteiger partial charge in [0.05, 0.1) is 13.7 Å². The molecule has 1 aliphatic rings. The number of methoxy groups -OCH3 is 1. The van der Waals surface area contributed by atoms with E-state index < -0.39 is 16.1 Å². The normalized spacial score (nSPS) is 12.8. The van der Waals surface area contributed by atoms with E-state index in [1.54, 1.807) is 27.0 Å². The number of aldehydes is 1. The predicted molar refractivity (Wildman–Crippen MR) is 136 cm³/mol. The molecule has 0 fully saturated rings. The summed E-state index contributed by atoms with van der Waals surface area (Å²) in [7, 11) is -2.22. The highest BCUT2D eigenvalue weighted by Gasteiger charge is 2.27. The lowest BCUT2D eigenvalue weighted by Gasteiger charge is -2.20. The van der Waals surface area contributed by atoms with Gasteiger partial charge in [0, 0.05) is 32.0 Å². The molecule has 1 aliphatic heterocycles. The number of unbranched alkanes of at least 4 members (excludes halogenated alkanes) is 2. The molecule has 0 aromatic heterocycles. The van der Waals surface area contributed by atoms with E-state index in [1.807, 2.05) is 24.3 Å². The van der Waals surface area contributed by atoms with Gasteiger partial charge in [0.15, 0.2) is 0 Å². The van der Waals surface area contributed by atoms with E-state index in [0.29, 0.717) is 56.8 Å². The molecule has 36 heavy (non-hydrogen) atoms. The van der Waals surface area contributed by atoms with E-state index in [-0.39, 0.29) is 17.5 Å². The summed E-state index contributed by atoms with van der Waals surface area (Å²) in [4.78, 5) is 23.7. The van der Waals surface area contributed by atoms with Crippen LogP contribution in [0.4, 0.5) is 4.79 Å². The summed E-state index contributed by atoms with van der Waals surface area (Å²) in [5.41, 5.74) is 3.18. The third kappa shape index (κ3) is 6.76. The van der Waals surface area contributed by atoms with Crippen LogP contribution >= 0.6 is 0 Å². The molecule has 2 aromatic carbocycles. The maximum atomic E-state index is 13.0. The Morgan fingerprint density at radius 2 is 1.97 bits per heavy atom. The van der Waals surface area contributed by atoms with Crippen LogP contribution in [0.15, 0.2) is 35.2 Å². The fraction of sp³-hybridized carbons (Fsp3) is 0.462. The summed E-state index contributed by atoms with van der Waals surface area (Å²) in [6.07, 6.45) is 2.54. The molecule has 2 N–H and O–H groups in total. The second-order valence-electron chi connectivity index (χ2n) is 9.05. The molecule has 3 rings (SSSR count). The first-order valence-corrected chi connectivity index (χ1v) is 13.6. The molecule has 10 heteroatoms. The number of amides is 1. The van der Waals surface area contributed by atoms with Crippen molar-refractivity contribution in [3.05, 3.63) is 41.5 Å².